The van der Waals surface area contributed by atoms with Gasteiger partial charge in [0.25, 0.3) is 0 Å². The molecule has 4 nitrogen and oxygen atoms in total. The molecule has 1 heterocycles. The van der Waals surface area contributed by atoms with Crippen molar-refractivity contribution in [3.63, 3.8) is 0 Å². The van der Waals surface area contributed by atoms with Crippen LogP contribution in [0.3, 0.4) is 0 Å². The van der Waals surface area contributed by atoms with Gasteiger partial charge in [0.05, 0.1) is 5.69 Å². The zero-order valence-corrected chi connectivity index (χ0v) is 10.3. The molecule has 1 aromatic heterocycles. The number of aliphatic hydroxyl groups is 1. The minimum absolute atomic E-state index is 0.190. The van der Waals surface area contributed by atoms with Crippen LogP contribution in [-0.4, -0.2) is 20.1 Å². The number of nitrogens with zero attached hydrogens (tertiary/aromatic N) is 3. The average Bonchev–Trinajstić information content (AvgIpc) is 2.93. The standard InChI is InChI=1S/C15H13N3O/c19-11-18-15(13-9-5-2-6-10-13)14(16-17-18)12-7-3-1-4-8-12/h1-10,19H,11H2. The molecule has 19 heavy (non-hydrogen) atoms. The maximum Gasteiger partial charge on any atom is 0.138 e. The molecule has 0 aliphatic heterocycles. The Morgan fingerprint density at radius 3 is 2.00 bits per heavy atom. The minimum atomic E-state index is -0.190. The third kappa shape index (κ3) is 2.13. The molecule has 0 aliphatic rings. The Morgan fingerprint density at radius 1 is 0.842 bits per heavy atom. The van der Waals surface area contributed by atoms with E-state index in [1.807, 2.05) is 60.7 Å². The van der Waals surface area contributed by atoms with Crippen LogP contribution in [0.25, 0.3) is 22.5 Å². The first-order chi connectivity index (χ1) is 9.40. The molecule has 0 bridgehead atoms. The third-order valence-corrected chi connectivity index (χ3v) is 2.96. The monoisotopic (exact) mass is 251 g/mol. The fourth-order valence-corrected chi connectivity index (χ4v) is 2.08. The van der Waals surface area contributed by atoms with Gasteiger partial charge in [-0.3, -0.25) is 0 Å². The second-order valence-electron chi connectivity index (χ2n) is 4.16. The summed E-state index contributed by atoms with van der Waals surface area (Å²) >= 11 is 0. The van der Waals surface area contributed by atoms with Crippen LogP contribution in [0.15, 0.2) is 60.7 Å². The second kappa shape index (κ2) is 5.04. The number of aromatic nitrogens is 3. The van der Waals surface area contributed by atoms with Crippen molar-refractivity contribution in [2.75, 3.05) is 0 Å². The SMILES string of the molecule is OCn1nnc(-c2ccccc2)c1-c1ccccc1. The van der Waals surface area contributed by atoms with Gasteiger partial charge in [0.1, 0.15) is 12.4 Å². The van der Waals surface area contributed by atoms with Gasteiger partial charge in [-0.1, -0.05) is 65.9 Å². The highest BCUT2D eigenvalue weighted by Gasteiger charge is 2.15. The first-order valence-electron chi connectivity index (χ1n) is 6.05. The molecular weight excluding hydrogens is 238 g/mol. The lowest BCUT2D eigenvalue weighted by atomic mass is 10.0. The largest absolute Gasteiger partial charge is 0.374 e. The number of aliphatic hydroxyl groups excluding tert-OH is 1. The fourth-order valence-electron chi connectivity index (χ4n) is 2.08. The summed E-state index contributed by atoms with van der Waals surface area (Å²) in [6.07, 6.45) is 0. The lowest BCUT2D eigenvalue weighted by Gasteiger charge is -2.06. The van der Waals surface area contributed by atoms with Crippen molar-refractivity contribution in [1.82, 2.24) is 15.0 Å². The third-order valence-electron chi connectivity index (χ3n) is 2.96. The number of rotatable bonds is 3. The van der Waals surface area contributed by atoms with Crippen molar-refractivity contribution >= 4 is 0 Å². The van der Waals surface area contributed by atoms with Crippen LogP contribution in [0.4, 0.5) is 0 Å². The summed E-state index contributed by atoms with van der Waals surface area (Å²) in [5, 5.41) is 17.6. The van der Waals surface area contributed by atoms with Crippen LogP contribution in [0.5, 0.6) is 0 Å². The van der Waals surface area contributed by atoms with Gasteiger partial charge in [0, 0.05) is 11.1 Å². The van der Waals surface area contributed by atoms with Crippen LogP contribution in [0.2, 0.25) is 0 Å². The molecule has 94 valence electrons. The topological polar surface area (TPSA) is 50.9 Å². The summed E-state index contributed by atoms with van der Waals surface area (Å²) in [6.45, 7) is -0.190. The van der Waals surface area contributed by atoms with Gasteiger partial charge in [-0.25, -0.2) is 4.68 Å². The summed E-state index contributed by atoms with van der Waals surface area (Å²) < 4.78 is 1.50. The molecule has 0 radical (unpaired) electrons. The lowest BCUT2D eigenvalue weighted by molar-refractivity contribution is 0.194. The van der Waals surface area contributed by atoms with Gasteiger partial charge in [0.15, 0.2) is 0 Å². The Balaban J connectivity index is 2.20. The van der Waals surface area contributed by atoms with Gasteiger partial charge in [-0.05, 0) is 0 Å². The van der Waals surface area contributed by atoms with Crippen LogP contribution in [0.1, 0.15) is 0 Å². The van der Waals surface area contributed by atoms with E-state index in [4.69, 9.17) is 0 Å². The molecule has 3 rings (SSSR count). The molecule has 3 aromatic rings. The van der Waals surface area contributed by atoms with Gasteiger partial charge in [0.2, 0.25) is 0 Å². The smallest absolute Gasteiger partial charge is 0.138 e. The molecule has 0 aliphatic carbocycles. The molecule has 0 saturated heterocycles. The van der Waals surface area contributed by atoms with Crippen molar-refractivity contribution in [2.24, 2.45) is 0 Å². The predicted molar refractivity (Wildman–Crippen MR) is 73.1 cm³/mol. The lowest BCUT2D eigenvalue weighted by Crippen LogP contribution is -2.01. The fraction of sp³-hybridized carbons (Fsp3) is 0.0667. The zero-order valence-electron chi connectivity index (χ0n) is 10.3. The van der Waals surface area contributed by atoms with E-state index in [2.05, 4.69) is 10.3 Å². The zero-order chi connectivity index (χ0) is 13.1. The first kappa shape index (κ1) is 11.6. The van der Waals surface area contributed by atoms with Crippen LogP contribution >= 0.6 is 0 Å². The Hall–Kier alpha value is -2.46. The van der Waals surface area contributed by atoms with Gasteiger partial charge in [-0.2, -0.15) is 0 Å². The molecule has 0 fully saturated rings. The maximum atomic E-state index is 9.40. The summed E-state index contributed by atoms with van der Waals surface area (Å²) in [5.41, 5.74) is 3.58. The molecule has 4 heteroatoms. The molecule has 1 N–H and O–H groups in total. The molecule has 0 amide bonds. The van der Waals surface area contributed by atoms with Gasteiger partial charge < -0.3 is 5.11 Å². The molecule has 2 aromatic carbocycles. The highest BCUT2D eigenvalue weighted by molar-refractivity contribution is 5.77. The quantitative estimate of drug-likeness (QED) is 0.778. The van der Waals surface area contributed by atoms with Crippen molar-refractivity contribution in [2.45, 2.75) is 6.73 Å². The van der Waals surface area contributed by atoms with Gasteiger partial charge >= 0.3 is 0 Å². The summed E-state index contributed by atoms with van der Waals surface area (Å²) in [5.74, 6) is 0. The molecule has 0 unspecified atom stereocenters. The van der Waals surface area contributed by atoms with E-state index >= 15 is 0 Å². The van der Waals surface area contributed by atoms with Crippen molar-refractivity contribution in [3.05, 3.63) is 60.7 Å². The molecule has 0 atom stereocenters. The van der Waals surface area contributed by atoms with E-state index < -0.39 is 0 Å². The maximum absolute atomic E-state index is 9.40. The average molecular weight is 251 g/mol. The van der Waals surface area contributed by atoms with E-state index in [1.54, 1.807) is 0 Å². The predicted octanol–water partition coefficient (Wildman–Crippen LogP) is 2.56. The highest BCUT2D eigenvalue weighted by atomic mass is 16.3. The molecule has 0 spiro atoms. The van der Waals surface area contributed by atoms with E-state index in [0.717, 1.165) is 22.5 Å². The second-order valence-corrected chi connectivity index (χ2v) is 4.16. The Kier molecular flexibility index (Phi) is 3.08. The van der Waals surface area contributed by atoms with Crippen molar-refractivity contribution < 1.29 is 5.11 Å². The molecular formula is C15H13N3O. The van der Waals surface area contributed by atoms with E-state index in [-0.39, 0.29) is 6.73 Å². The Bertz CT molecular complexity index is 662. The van der Waals surface area contributed by atoms with Crippen molar-refractivity contribution in [1.29, 1.82) is 0 Å². The summed E-state index contributed by atoms with van der Waals surface area (Å²) in [7, 11) is 0. The number of hydrogen-bond donors (Lipinski definition) is 1. The van der Waals surface area contributed by atoms with E-state index in [0.29, 0.717) is 0 Å². The Morgan fingerprint density at radius 2 is 1.42 bits per heavy atom. The van der Waals surface area contributed by atoms with Crippen LogP contribution < -0.4 is 0 Å². The van der Waals surface area contributed by atoms with Gasteiger partial charge in [-0.15, -0.1) is 5.10 Å². The van der Waals surface area contributed by atoms with Crippen LogP contribution in [-0.2, 0) is 6.73 Å². The van der Waals surface area contributed by atoms with E-state index in [9.17, 15) is 5.11 Å². The number of hydrogen-bond acceptors (Lipinski definition) is 3. The minimum Gasteiger partial charge on any atom is -0.374 e. The highest BCUT2D eigenvalue weighted by Crippen LogP contribution is 2.29. The normalized spacial score (nSPS) is 10.6. The number of benzene rings is 2. The Labute approximate surface area is 111 Å². The molecule has 0 saturated carbocycles. The first-order valence-corrected chi connectivity index (χ1v) is 6.05. The van der Waals surface area contributed by atoms with Crippen molar-refractivity contribution in [3.8, 4) is 22.5 Å². The summed E-state index contributed by atoms with van der Waals surface area (Å²) in [6, 6.07) is 19.7. The van der Waals surface area contributed by atoms with E-state index in [1.165, 1.54) is 4.68 Å². The summed E-state index contributed by atoms with van der Waals surface area (Å²) in [4.78, 5) is 0. The van der Waals surface area contributed by atoms with Crippen LogP contribution in [0, 0.1) is 0 Å².